The van der Waals surface area contributed by atoms with Gasteiger partial charge in [0.15, 0.2) is 0 Å². The number of H-pyrrole nitrogens is 1. The first-order valence-corrected chi connectivity index (χ1v) is 9.10. The van der Waals surface area contributed by atoms with Gasteiger partial charge in [-0.25, -0.2) is 0 Å². The first-order chi connectivity index (χ1) is 12.9. The summed E-state index contributed by atoms with van der Waals surface area (Å²) in [6.45, 7) is 0. The van der Waals surface area contributed by atoms with Crippen LogP contribution >= 0.6 is 0 Å². The lowest BCUT2D eigenvalue weighted by Crippen LogP contribution is -1.88. The molecule has 1 aromatic heterocycles. The van der Waals surface area contributed by atoms with Crippen molar-refractivity contribution in [2.75, 3.05) is 0 Å². The normalized spacial score (nSPS) is 12.5. The molecule has 6 rings (SSSR count). The van der Waals surface area contributed by atoms with E-state index in [1.165, 1.54) is 55.2 Å². The number of para-hydroxylation sites is 1. The van der Waals surface area contributed by atoms with Crippen molar-refractivity contribution in [3.05, 3.63) is 96.1 Å². The van der Waals surface area contributed by atoms with Crippen LogP contribution in [0.25, 0.3) is 44.1 Å². The van der Waals surface area contributed by atoms with Crippen LogP contribution in [0.5, 0.6) is 0 Å². The van der Waals surface area contributed by atoms with Gasteiger partial charge in [-0.1, -0.05) is 72.8 Å². The molecule has 5 aromatic rings. The Labute approximate surface area is 151 Å². The van der Waals surface area contributed by atoms with Crippen molar-refractivity contribution in [2.24, 2.45) is 0 Å². The fourth-order valence-corrected chi connectivity index (χ4v) is 4.54. The minimum Gasteiger partial charge on any atom is -0.354 e. The lowest BCUT2D eigenvalue weighted by atomic mass is 9.93. The highest BCUT2D eigenvalue weighted by Crippen LogP contribution is 2.43. The summed E-state index contributed by atoms with van der Waals surface area (Å²) in [5.74, 6) is 0. The van der Waals surface area contributed by atoms with Crippen LogP contribution in [0, 0.1) is 0 Å². The molecular weight excluding hydrogens is 314 g/mol. The molecule has 1 aliphatic rings. The van der Waals surface area contributed by atoms with Crippen molar-refractivity contribution >= 4 is 21.8 Å². The zero-order valence-corrected chi connectivity index (χ0v) is 14.3. The van der Waals surface area contributed by atoms with E-state index in [1.54, 1.807) is 0 Å². The van der Waals surface area contributed by atoms with Gasteiger partial charge in [0, 0.05) is 21.8 Å². The molecule has 1 N–H and O–H groups in total. The molecule has 1 heteroatoms. The van der Waals surface area contributed by atoms with Crippen LogP contribution < -0.4 is 0 Å². The summed E-state index contributed by atoms with van der Waals surface area (Å²) in [7, 11) is 0. The molecular formula is C25H17N. The van der Waals surface area contributed by atoms with E-state index in [1.807, 2.05) is 0 Å². The predicted octanol–water partition coefficient (Wildman–Crippen LogP) is 6.56. The second-order valence-corrected chi connectivity index (χ2v) is 7.06. The molecule has 0 fully saturated rings. The molecule has 0 atom stereocenters. The SMILES string of the molecule is c1ccc2c(c1)Cc1c-2cccc1-c1cccc2[nH]c3ccccc3c12. The molecule has 0 saturated carbocycles. The van der Waals surface area contributed by atoms with Gasteiger partial charge in [-0.2, -0.15) is 0 Å². The molecule has 0 saturated heterocycles. The molecule has 4 aromatic carbocycles. The van der Waals surface area contributed by atoms with E-state index >= 15 is 0 Å². The molecule has 0 spiro atoms. The average Bonchev–Trinajstić information content (AvgIpc) is 3.26. The molecule has 122 valence electrons. The van der Waals surface area contributed by atoms with Gasteiger partial charge in [0.1, 0.15) is 0 Å². The number of fused-ring (bicyclic) bond motifs is 6. The maximum Gasteiger partial charge on any atom is 0.0471 e. The highest BCUT2D eigenvalue weighted by molar-refractivity contribution is 6.14. The highest BCUT2D eigenvalue weighted by Gasteiger charge is 2.22. The monoisotopic (exact) mass is 331 g/mol. The molecule has 1 heterocycles. The zero-order valence-electron chi connectivity index (χ0n) is 14.3. The number of nitrogens with one attached hydrogen (secondary N) is 1. The van der Waals surface area contributed by atoms with Crippen LogP contribution in [0.4, 0.5) is 0 Å². The average molecular weight is 331 g/mol. The summed E-state index contributed by atoms with van der Waals surface area (Å²) in [5, 5.41) is 2.62. The molecule has 26 heavy (non-hydrogen) atoms. The van der Waals surface area contributed by atoms with Crippen LogP contribution in [0.2, 0.25) is 0 Å². The Bertz CT molecular complexity index is 1310. The van der Waals surface area contributed by atoms with Crippen LogP contribution in [0.15, 0.2) is 84.9 Å². The molecule has 0 unspecified atom stereocenters. The van der Waals surface area contributed by atoms with Crippen LogP contribution in [-0.4, -0.2) is 4.98 Å². The van der Waals surface area contributed by atoms with Gasteiger partial charge in [0.05, 0.1) is 0 Å². The number of benzene rings is 4. The van der Waals surface area contributed by atoms with E-state index in [2.05, 4.69) is 89.9 Å². The lowest BCUT2D eigenvalue weighted by Gasteiger charge is -2.11. The van der Waals surface area contributed by atoms with Gasteiger partial charge in [-0.05, 0) is 51.9 Å². The quantitative estimate of drug-likeness (QED) is 0.351. The van der Waals surface area contributed by atoms with Gasteiger partial charge < -0.3 is 4.98 Å². The summed E-state index contributed by atoms with van der Waals surface area (Å²) < 4.78 is 0. The van der Waals surface area contributed by atoms with E-state index in [9.17, 15) is 0 Å². The van der Waals surface area contributed by atoms with Gasteiger partial charge in [0.2, 0.25) is 0 Å². The van der Waals surface area contributed by atoms with Crippen LogP contribution in [0.3, 0.4) is 0 Å². The topological polar surface area (TPSA) is 15.8 Å². The third kappa shape index (κ3) is 1.80. The number of hydrogen-bond acceptors (Lipinski definition) is 0. The minimum absolute atomic E-state index is 1.01. The van der Waals surface area contributed by atoms with Crippen molar-refractivity contribution < 1.29 is 0 Å². The molecule has 1 aliphatic carbocycles. The van der Waals surface area contributed by atoms with Crippen molar-refractivity contribution in [2.45, 2.75) is 6.42 Å². The van der Waals surface area contributed by atoms with Crippen molar-refractivity contribution in [3.63, 3.8) is 0 Å². The van der Waals surface area contributed by atoms with E-state index in [0.717, 1.165) is 6.42 Å². The highest BCUT2D eigenvalue weighted by atomic mass is 14.7. The first kappa shape index (κ1) is 13.9. The number of aromatic nitrogens is 1. The Morgan fingerprint density at radius 1 is 0.538 bits per heavy atom. The van der Waals surface area contributed by atoms with E-state index in [-0.39, 0.29) is 0 Å². The summed E-state index contributed by atoms with van der Waals surface area (Å²) in [5.41, 5.74) is 10.7. The maximum atomic E-state index is 3.57. The summed E-state index contributed by atoms with van der Waals surface area (Å²) >= 11 is 0. The number of rotatable bonds is 1. The second-order valence-electron chi connectivity index (χ2n) is 7.06. The zero-order chi connectivity index (χ0) is 17.1. The van der Waals surface area contributed by atoms with Gasteiger partial charge >= 0.3 is 0 Å². The van der Waals surface area contributed by atoms with Gasteiger partial charge in [0.25, 0.3) is 0 Å². The van der Waals surface area contributed by atoms with Crippen LogP contribution in [-0.2, 0) is 6.42 Å². The standard InChI is InChI=1S/C25H17N/c1-2-8-17-16(7-1)15-22-18(17)10-5-11-19(22)20-12-6-14-24-25(20)21-9-3-4-13-23(21)26-24/h1-14,26H,15H2. The van der Waals surface area contributed by atoms with Crippen molar-refractivity contribution in [3.8, 4) is 22.3 Å². The molecule has 0 bridgehead atoms. The largest absolute Gasteiger partial charge is 0.354 e. The van der Waals surface area contributed by atoms with Gasteiger partial charge in [-0.3, -0.25) is 0 Å². The first-order valence-electron chi connectivity index (χ1n) is 9.10. The second kappa shape index (κ2) is 5.09. The molecule has 1 nitrogen and oxygen atoms in total. The fraction of sp³-hybridized carbons (Fsp3) is 0.0400. The lowest BCUT2D eigenvalue weighted by molar-refractivity contribution is 1.27. The van der Waals surface area contributed by atoms with Crippen LogP contribution in [0.1, 0.15) is 11.1 Å². The molecule has 0 aliphatic heterocycles. The molecule has 0 radical (unpaired) electrons. The summed E-state index contributed by atoms with van der Waals surface area (Å²) in [6, 6.07) is 30.7. The Kier molecular flexibility index (Phi) is 2.72. The Morgan fingerprint density at radius 3 is 2.15 bits per heavy atom. The number of hydrogen-bond donors (Lipinski definition) is 1. The summed E-state index contributed by atoms with van der Waals surface area (Å²) in [6.07, 6.45) is 1.01. The Hall–Kier alpha value is -3.32. The number of aromatic amines is 1. The van der Waals surface area contributed by atoms with Gasteiger partial charge in [-0.15, -0.1) is 0 Å². The van der Waals surface area contributed by atoms with Crippen molar-refractivity contribution in [1.29, 1.82) is 0 Å². The van der Waals surface area contributed by atoms with Crippen molar-refractivity contribution in [1.82, 2.24) is 4.98 Å². The van der Waals surface area contributed by atoms with E-state index in [4.69, 9.17) is 0 Å². The fourth-order valence-electron chi connectivity index (χ4n) is 4.54. The minimum atomic E-state index is 1.01. The third-order valence-electron chi connectivity index (χ3n) is 5.67. The summed E-state index contributed by atoms with van der Waals surface area (Å²) in [4.78, 5) is 3.57. The maximum absolute atomic E-state index is 3.57. The third-order valence-corrected chi connectivity index (χ3v) is 5.67. The predicted molar refractivity (Wildman–Crippen MR) is 109 cm³/mol. The van der Waals surface area contributed by atoms with E-state index < -0.39 is 0 Å². The Balaban J connectivity index is 1.69. The smallest absolute Gasteiger partial charge is 0.0471 e. The molecule has 0 amide bonds. The Morgan fingerprint density at radius 2 is 1.19 bits per heavy atom. The van der Waals surface area contributed by atoms with E-state index in [0.29, 0.717) is 0 Å².